The molecular weight excluding hydrogens is 210 g/mol. The van der Waals surface area contributed by atoms with E-state index >= 15 is 0 Å². The topological polar surface area (TPSA) is 42.2 Å². The molecule has 0 aliphatic carbocycles. The summed E-state index contributed by atoms with van der Waals surface area (Å²) in [4.78, 5) is 6.26. The molecule has 0 aliphatic rings. The lowest BCUT2D eigenvalue weighted by atomic mass is 10.2. The van der Waals surface area contributed by atoms with Crippen LogP contribution in [0.4, 0.5) is 11.5 Å². The number of nitrogen functional groups attached to an aromatic ring is 1. The van der Waals surface area contributed by atoms with Crippen LogP contribution in [0.25, 0.3) is 0 Å². The maximum atomic E-state index is 5.84. The molecule has 17 heavy (non-hydrogen) atoms. The fraction of sp³-hybridized carbons (Fsp3) is 0.214. The molecule has 2 aromatic rings. The second-order valence-electron chi connectivity index (χ2n) is 4.24. The van der Waals surface area contributed by atoms with E-state index in [1.54, 1.807) is 6.20 Å². The quantitative estimate of drug-likeness (QED) is 0.876. The first kappa shape index (κ1) is 11.5. The minimum Gasteiger partial charge on any atom is -0.383 e. The van der Waals surface area contributed by atoms with Crippen molar-refractivity contribution in [3.63, 3.8) is 0 Å². The number of anilines is 2. The van der Waals surface area contributed by atoms with Crippen LogP contribution in [-0.4, -0.2) is 12.0 Å². The van der Waals surface area contributed by atoms with Crippen LogP contribution < -0.4 is 10.6 Å². The molecule has 2 rings (SSSR count). The van der Waals surface area contributed by atoms with Gasteiger partial charge in [-0.3, -0.25) is 0 Å². The van der Waals surface area contributed by atoms with Gasteiger partial charge in [0.1, 0.15) is 5.82 Å². The molecule has 0 amide bonds. The van der Waals surface area contributed by atoms with E-state index in [1.807, 2.05) is 12.1 Å². The summed E-state index contributed by atoms with van der Waals surface area (Å²) in [7, 11) is 2.06. The molecule has 1 aromatic heterocycles. The predicted octanol–water partition coefficient (Wildman–Crippen LogP) is 2.61. The molecular formula is C14H17N3. The van der Waals surface area contributed by atoms with E-state index in [1.165, 1.54) is 11.3 Å². The number of hydrogen-bond donors (Lipinski definition) is 1. The average Bonchev–Trinajstić information content (AvgIpc) is 2.32. The first-order valence-electron chi connectivity index (χ1n) is 5.64. The lowest BCUT2D eigenvalue weighted by Crippen LogP contribution is -2.17. The molecule has 0 saturated heterocycles. The van der Waals surface area contributed by atoms with Gasteiger partial charge in [-0.15, -0.1) is 0 Å². The monoisotopic (exact) mass is 227 g/mol. The first-order valence-corrected chi connectivity index (χ1v) is 5.64. The third-order valence-electron chi connectivity index (χ3n) is 2.78. The Labute approximate surface area is 102 Å². The van der Waals surface area contributed by atoms with Crippen LogP contribution in [0.1, 0.15) is 11.1 Å². The van der Waals surface area contributed by atoms with Gasteiger partial charge in [0, 0.05) is 31.0 Å². The molecule has 0 atom stereocenters. The van der Waals surface area contributed by atoms with Crippen LogP contribution in [0.15, 0.2) is 42.6 Å². The summed E-state index contributed by atoms with van der Waals surface area (Å²) in [5.74, 6) is 0.604. The highest BCUT2D eigenvalue weighted by Gasteiger charge is 2.05. The summed E-state index contributed by atoms with van der Waals surface area (Å²) >= 11 is 0. The Morgan fingerprint density at radius 2 is 2.06 bits per heavy atom. The molecule has 1 heterocycles. The Bertz CT molecular complexity index is 508. The highest BCUT2D eigenvalue weighted by atomic mass is 15.1. The van der Waals surface area contributed by atoms with Crippen molar-refractivity contribution in [1.82, 2.24) is 4.98 Å². The number of nitrogens with zero attached hydrogens (tertiary/aromatic N) is 2. The molecule has 1 aromatic carbocycles. The third-order valence-corrected chi connectivity index (χ3v) is 2.78. The number of benzene rings is 1. The van der Waals surface area contributed by atoms with Crippen molar-refractivity contribution in [1.29, 1.82) is 0 Å². The van der Waals surface area contributed by atoms with Gasteiger partial charge in [-0.1, -0.05) is 18.2 Å². The van der Waals surface area contributed by atoms with Crippen LogP contribution in [0.3, 0.4) is 0 Å². The summed E-state index contributed by atoms with van der Waals surface area (Å²) in [6.07, 6.45) is 1.71. The fourth-order valence-electron chi connectivity index (χ4n) is 1.80. The summed E-state index contributed by atoms with van der Waals surface area (Å²) in [6, 6.07) is 12.3. The van der Waals surface area contributed by atoms with Crippen LogP contribution in [-0.2, 0) is 6.54 Å². The van der Waals surface area contributed by atoms with Gasteiger partial charge < -0.3 is 10.6 Å². The Balaban J connectivity index is 2.17. The number of hydrogen-bond acceptors (Lipinski definition) is 3. The lowest BCUT2D eigenvalue weighted by Gasteiger charge is -2.20. The van der Waals surface area contributed by atoms with Crippen molar-refractivity contribution in [3.05, 3.63) is 53.7 Å². The van der Waals surface area contributed by atoms with Crippen molar-refractivity contribution in [2.75, 3.05) is 17.7 Å². The molecule has 3 nitrogen and oxygen atoms in total. The van der Waals surface area contributed by atoms with Crippen LogP contribution in [0, 0.1) is 6.92 Å². The van der Waals surface area contributed by atoms with Gasteiger partial charge in [0.25, 0.3) is 0 Å². The molecule has 0 bridgehead atoms. The minimum atomic E-state index is 0.604. The van der Waals surface area contributed by atoms with Gasteiger partial charge in [-0.05, 0) is 30.7 Å². The van der Waals surface area contributed by atoms with Crippen molar-refractivity contribution in [2.24, 2.45) is 0 Å². The second kappa shape index (κ2) is 4.87. The number of nitrogens with two attached hydrogens (primary N) is 1. The molecule has 0 spiro atoms. The summed E-state index contributed by atoms with van der Waals surface area (Å²) in [5, 5.41) is 0. The molecule has 3 heteroatoms. The fourth-order valence-corrected chi connectivity index (χ4v) is 1.80. The maximum Gasteiger partial charge on any atom is 0.128 e. The van der Waals surface area contributed by atoms with E-state index in [2.05, 4.69) is 48.1 Å². The van der Waals surface area contributed by atoms with Crippen molar-refractivity contribution >= 4 is 11.5 Å². The number of aryl methyl sites for hydroxylation is 1. The van der Waals surface area contributed by atoms with E-state index in [9.17, 15) is 0 Å². The van der Waals surface area contributed by atoms with Gasteiger partial charge in [0.15, 0.2) is 0 Å². The molecule has 2 N–H and O–H groups in total. The zero-order valence-electron chi connectivity index (χ0n) is 10.2. The average molecular weight is 227 g/mol. The first-order chi connectivity index (χ1) is 8.16. The number of pyridine rings is 1. The van der Waals surface area contributed by atoms with E-state index in [-0.39, 0.29) is 0 Å². The predicted molar refractivity (Wildman–Crippen MR) is 71.9 cm³/mol. The van der Waals surface area contributed by atoms with Gasteiger partial charge >= 0.3 is 0 Å². The SMILES string of the molecule is Cc1cccc(N(C)Cc2cccnc2N)c1. The molecule has 88 valence electrons. The zero-order chi connectivity index (χ0) is 12.3. The van der Waals surface area contributed by atoms with E-state index < -0.39 is 0 Å². The minimum absolute atomic E-state index is 0.604. The smallest absolute Gasteiger partial charge is 0.128 e. The Morgan fingerprint density at radius 1 is 1.24 bits per heavy atom. The number of aromatic nitrogens is 1. The van der Waals surface area contributed by atoms with Gasteiger partial charge in [0.05, 0.1) is 0 Å². The molecule has 0 saturated carbocycles. The van der Waals surface area contributed by atoms with Gasteiger partial charge in [-0.25, -0.2) is 4.98 Å². The Hall–Kier alpha value is -2.03. The van der Waals surface area contributed by atoms with Gasteiger partial charge in [0.2, 0.25) is 0 Å². The van der Waals surface area contributed by atoms with Crippen LogP contribution in [0.2, 0.25) is 0 Å². The molecule has 0 aliphatic heterocycles. The Morgan fingerprint density at radius 3 is 2.76 bits per heavy atom. The van der Waals surface area contributed by atoms with Crippen molar-refractivity contribution < 1.29 is 0 Å². The molecule has 0 unspecified atom stereocenters. The summed E-state index contributed by atoms with van der Waals surface area (Å²) < 4.78 is 0. The largest absolute Gasteiger partial charge is 0.383 e. The van der Waals surface area contributed by atoms with Crippen molar-refractivity contribution in [3.8, 4) is 0 Å². The lowest BCUT2D eigenvalue weighted by molar-refractivity contribution is 0.918. The maximum absolute atomic E-state index is 5.84. The van der Waals surface area contributed by atoms with Crippen molar-refractivity contribution in [2.45, 2.75) is 13.5 Å². The summed E-state index contributed by atoms with van der Waals surface area (Å²) in [6.45, 7) is 2.86. The zero-order valence-corrected chi connectivity index (χ0v) is 10.2. The van der Waals surface area contributed by atoms with Crippen LogP contribution in [0.5, 0.6) is 0 Å². The highest BCUT2D eigenvalue weighted by molar-refractivity contribution is 5.50. The van der Waals surface area contributed by atoms with Gasteiger partial charge in [-0.2, -0.15) is 0 Å². The third kappa shape index (κ3) is 2.75. The molecule has 0 fully saturated rings. The van der Waals surface area contributed by atoms with E-state index in [4.69, 9.17) is 5.73 Å². The van der Waals surface area contributed by atoms with E-state index in [0.717, 1.165) is 12.1 Å². The van der Waals surface area contributed by atoms with E-state index in [0.29, 0.717) is 5.82 Å². The Kier molecular flexibility index (Phi) is 3.28. The molecule has 0 radical (unpaired) electrons. The normalized spacial score (nSPS) is 10.2. The second-order valence-corrected chi connectivity index (χ2v) is 4.24. The number of rotatable bonds is 3. The van der Waals surface area contributed by atoms with Crippen LogP contribution >= 0.6 is 0 Å². The standard InChI is InChI=1S/C14H17N3/c1-11-5-3-7-13(9-11)17(2)10-12-6-4-8-16-14(12)15/h3-9H,10H2,1-2H3,(H2,15,16). The summed E-state index contributed by atoms with van der Waals surface area (Å²) in [5.41, 5.74) is 9.34. The highest BCUT2D eigenvalue weighted by Crippen LogP contribution is 2.18.